The number of morpholine rings is 1. The molecule has 1 saturated heterocycles. The zero-order valence-electron chi connectivity index (χ0n) is 18.3. The lowest BCUT2D eigenvalue weighted by atomic mass is 10.0. The van der Waals surface area contributed by atoms with Crippen LogP contribution in [-0.2, 0) is 13.8 Å². The van der Waals surface area contributed by atoms with Gasteiger partial charge in [0.05, 0.1) is 19.3 Å². The first-order valence-electron chi connectivity index (χ1n) is 10.8. The van der Waals surface area contributed by atoms with E-state index in [-0.39, 0.29) is 12.6 Å². The molecule has 2 aromatic rings. The molecule has 4 unspecified atom stereocenters. The van der Waals surface area contributed by atoms with Crippen molar-refractivity contribution in [3.63, 3.8) is 0 Å². The Morgan fingerprint density at radius 3 is 2.48 bits per heavy atom. The van der Waals surface area contributed by atoms with Crippen molar-refractivity contribution in [1.29, 1.82) is 0 Å². The summed E-state index contributed by atoms with van der Waals surface area (Å²) >= 11 is 0. The first kappa shape index (κ1) is 23.8. The third-order valence-corrected chi connectivity index (χ3v) is 6.90. The molecule has 170 valence electrons. The van der Waals surface area contributed by atoms with Crippen LogP contribution >= 0.6 is 7.75 Å². The van der Waals surface area contributed by atoms with E-state index in [0.29, 0.717) is 37.7 Å². The molecule has 1 fully saturated rings. The number of benzene rings is 2. The maximum atomic E-state index is 12.9. The number of rotatable bonds is 10. The summed E-state index contributed by atoms with van der Waals surface area (Å²) in [5.41, 5.74) is 0.913. The lowest BCUT2D eigenvalue weighted by Crippen LogP contribution is -2.45. The van der Waals surface area contributed by atoms with E-state index in [0.717, 1.165) is 5.56 Å². The van der Waals surface area contributed by atoms with Crippen molar-refractivity contribution < 1.29 is 28.2 Å². The van der Waals surface area contributed by atoms with Crippen LogP contribution in [0.5, 0.6) is 11.5 Å². The second-order valence-electron chi connectivity index (χ2n) is 7.47. The molecule has 7 nitrogen and oxygen atoms in total. The summed E-state index contributed by atoms with van der Waals surface area (Å²) in [4.78, 5) is 10.6. The monoisotopic (exact) mass is 449 g/mol. The Hall–Kier alpha value is -1.89. The Morgan fingerprint density at radius 1 is 1.13 bits per heavy atom. The molecular formula is C23H32NO6P. The van der Waals surface area contributed by atoms with Crippen molar-refractivity contribution in [2.45, 2.75) is 45.5 Å². The summed E-state index contributed by atoms with van der Waals surface area (Å²) in [5.74, 6) is 1.24. The van der Waals surface area contributed by atoms with Crippen molar-refractivity contribution in [1.82, 2.24) is 4.67 Å². The van der Waals surface area contributed by atoms with Gasteiger partial charge in [0, 0.05) is 13.1 Å². The van der Waals surface area contributed by atoms with Gasteiger partial charge in [0.2, 0.25) is 0 Å². The number of para-hydroxylation sites is 2. The van der Waals surface area contributed by atoms with Gasteiger partial charge >= 0.3 is 7.75 Å². The van der Waals surface area contributed by atoms with Crippen LogP contribution in [0.2, 0.25) is 0 Å². The maximum absolute atomic E-state index is 12.9. The molecule has 0 aliphatic carbocycles. The highest BCUT2D eigenvalue weighted by atomic mass is 31.2. The van der Waals surface area contributed by atoms with Crippen LogP contribution in [0.4, 0.5) is 0 Å². The summed E-state index contributed by atoms with van der Waals surface area (Å²) in [6, 6.07) is 17.2. The molecule has 0 bridgehead atoms. The maximum Gasteiger partial charge on any atom is 0.406 e. The lowest BCUT2D eigenvalue weighted by Gasteiger charge is -2.38. The molecule has 2 aromatic carbocycles. The molecule has 8 heteroatoms. The second-order valence-corrected chi connectivity index (χ2v) is 9.22. The molecule has 1 aliphatic heterocycles. The Bertz CT molecular complexity index is 864. The van der Waals surface area contributed by atoms with E-state index in [1.165, 1.54) is 4.67 Å². The molecule has 0 aromatic heterocycles. The summed E-state index contributed by atoms with van der Waals surface area (Å²) < 4.78 is 37.9. The number of nitrogens with zero attached hydrogens (tertiary/aromatic N) is 1. The number of ether oxygens (including phenoxy) is 3. The molecule has 1 heterocycles. The fourth-order valence-electron chi connectivity index (χ4n) is 3.41. The van der Waals surface area contributed by atoms with E-state index in [1.807, 2.05) is 68.4 Å². The summed E-state index contributed by atoms with van der Waals surface area (Å²) in [7, 11) is -3.94. The standard InChI is InChI=1S/C23H32NO6P/c1-4-18(3)30-31(25,26)24-15-16-28-22(17-24)23(19-11-7-6-8-12-19)29-21-14-10-9-13-20(21)27-5-2/h6-14,18,22-23H,4-5,15-17H2,1-3H3,(H,25,26). The zero-order valence-corrected chi connectivity index (χ0v) is 19.2. The molecule has 1 aliphatic rings. The molecule has 1 N–H and O–H groups in total. The molecular weight excluding hydrogens is 417 g/mol. The smallest absolute Gasteiger partial charge is 0.406 e. The van der Waals surface area contributed by atoms with Gasteiger partial charge in [0.15, 0.2) is 17.6 Å². The largest absolute Gasteiger partial charge is 0.490 e. The van der Waals surface area contributed by atoms with Gasteiger partial charge in [-0.15, -0.1) is 0 Å². The average Bonchev–Trinajstić information content (AvgIpc) is 2.79. The molecule has 0 amide bonds. The van der Waals surface area contributed by atoms with Crippen LogP contribution in [0.15, 0.2) is 54.6 Å². The van der Waals surface area contributed by atoms with E-state index < -0.39 is 20.0 Å². The van der Waals surface area contributed by atoms with Gasteiger partial charge in [-0.25, -0.2) is 9.24 Å². The van der Waals surface area contributed by atoms with Gasteiger partial charge in [-0.3, -0.25) is 4.52 Å². The third-order valence-electron chi connectivity index (χ3n) is 5.19. The predicted octanol–water partition coefficient (Wildman–Crippen LogP) is 4.82. The van der Waals surface area contributed by atoms with Gasteiger partial charge in [-0.05, 0) is 38.0 Å². The Kier molecular flexibility index (Phi) is 8.52. The van der Waals surface area contributed by atoms with Crippen LogP contribution in [-0.4, -0.2) is 48.1 Å². The summed E-state index contributed by atoms with van der Waals surface area (Å²) in [5, 5.41) is 0. The van der Waals surface area contributed by atoms with Crippen molar-refractivity contribution in [2.24, 2.45) is 0 Å². The molecule has 0 saturated carbocycles. The summed E-state index contributed by atoms with van der Waals surface area (Å²) in [6.45, 7) is 6.98. The van der Waals surface area contributed by atoms with Gasteiger partial charge in [-0.2, -0.15) is 0 Å². The van der Waals surface area contributed by atoms with Crippen molar-refractivity contribution in [3.8, 4) is 11.5 Å². The Balaban J connectivity index is 1.85. The van der Waals surface area contributed by atoms with Crippen molar-refractivity contribution in [3.05, 3.63) is 60.2 Å². The predicted molar refractivity (Wildman–Crippen MR) is 119 cm³/mol. The van der Waals surface area contributed by atoms with E-state index in [2.05, 4.69) is 0 Å². The van der Waals surface area contributed by atoms with E-state index >= 15 is 0 Å². The minimum atomic E-state index is -3.94. The van der Waals surface area contributed by atoms with E-state index in [4.69, 9.17) is 18.7 Å². The van der Waals surface area contributed by atoms with Gasteiger partial charge < -0.3 is 19.1 Å². The molecule has 3 rings (SSSR count). The van der Waals surface area contributed by atoms with Gasteiger partial charge in [0.25, 0.3) is 0 Å². The fraction of sp³-hybridized carbons (Fsp3) is 0.478. The minimum Gasteiger partial charge on any atom is -0.490 e. The molecule has 31 heavy (non-hydrogen) atoms. The highest BCUT2D eigenvalue weighted by Gasteiger charge is 2.39. The quantitative estimate of drug-likeness (QED) is 0.521. The molecule has 4 atom stereocenters. The number of hydrogen-bond donors (Lipinski definition) is 1. The van der Waals surface area contributed by atoms with E-state index in [1.54, 1.807) is 6.92 Å². The summed E-state index contributed by atoms with van der Waals surface area (Å²) in [6.07, 6.45) is -0.611. The van der Waals surface area contributed by atoms with Crippen LogP contribution in [0, 0.1) is 0 Å². The normalized spacial score (nSPS) is 21.1. The third kappa shape index (κ3) is 6.31. The fourth-order valence-corrected chi connectivity index (χ4v) is 4.86. The molecule has 0 spiro atoms. The topological polar surface area (TPSA) is 77.5 Å². The van der Waals surface area contributed by atoms with Crippen molar-refractivity contribution >= 4 is 7.75 Å². The highest BCUT2D eigenvalue weighted by molar-refractivity contribution is 7.50. The molecule has 0 radical (unpaired) electrons. The van der Waals surface area contributed by atoms with Gasteiger partial charge in [-0.1, -0.05) is 49.4 Å². The van der Waals surface area contributed by atoms with Gasteiger partial charge in [0.1, 0.15) is 6.10 Å². The first-order chi connectivity index (χ1) is 14.9. The van der Waals surface area contributed by atoms with Crippen LogP contribution in [0.25, 0.3) is 0 Å². The van der Waals surface area contributed by atoms with Crippen LogP contribution in [0.3, 0.4) is 0 Å². The number of hydrogen-bond acceptors (Lipinski definition) is 5. The lowest BCUT2D eigenvalue weighted by molar-refractivity contribution is -0.0704. The minimum absolute atomic E-state index is 0.209. The average molecular weight is 449 g/mol. The SMILES string of the molecule is CCOc1ccccc1OC(c1ccccc1)C1CN(P(=O)(O)OC(C)CC)CCO1. The van der Waals surface area contributed by atoms with E-state index in [9.17, 15) is 9.46 Å². The van der Waals surface area contributed by atoms with Crippen LogP contribution in [0.1, 0.15) is 38.9 Å². The Labute approximate surface area is 184 Å². The second kappa shape index (κ2) is 11.1. The highest BCUT2D eigenvalue weighted by Crippen LogP contribution is 2.49. The Morgan fingerprint density at radius 2 is 1.81 bits per heavy atom. The first-order valence-corrected chi connectivity index (χ1v) is 12.3. The zero-order chi connectivity index (χ0) is 22.3. The van der Waals surface area contributed by atoms with Crippen LogP contribution < -0.4 is 9.47 Å². The van der Waals surface area contributed by atoms with Crippen molar-refractivity contribution in [2.75, 3.05) is 26.3 Å².